The molecule has 29 heavy (non-hydrogen) atoms. The predicted octanol–water partition coefficient (Wildman–Crippen LogP) is 4.53. The lowest BCUT2D eigenvalue weighted by Crippen LogP contribution is -2.15. The number of thioether (sulfide) groups is 1. The van der Waals surface area contributed by atoms with Crippen molar-refractivity contribution in [1.82, 2.24) is 14.8 Å². The molecule has 1 heterocycles. The summed E-state index contributed by atoms with van der Waals surface area (Å²) in [4.78, 5) is 12.4. The van der Waals surface area contributed by atoms with Crippen molar-refractivity contribution < 1.29 is 9.53 Å². The van der Waals surface area contributed by atoms with E-state index in [2.05, 4.69) is 15.5 Å². The Labute approximate surface area is 175 Å². The van der Waals surface area contributed by atoms with Crippen LogP contribution in [0.4, 0.5) is 5.69 Å². The Kier molecular flexibility index (Phi) is 6.93. The zero-order valence-corrected chi connectivity index (χ0v) is 18.0. The number of amides is 1. The van der Waals surface area contributed by atoms with Crippen molar-refractivity contribution in [3.63, 3.8) is 0 Å². The normalized spacial score (nSPS) is 10.8. The van der Waals surface area contributed by atoms with Gasteiger partial charge in [0, 0.05) is 12.2 Å². The van der Waals surface area contributed by atoms with Crippen LogP contribution in [0.1, 0.15) is 29.4 Å². The van der Waals surface area contributed by atoms with E-state index in [1.54, 1.807) is 0 Å². The average Bonchev–Trinajstić information content (AvgIpc) is 3.10. The molecule has 0 spiro atoms. The second kappa shape index (κ2) is 9.60. The summed E-state index contributed by atoms with van der Waals surface area (Å²) < 4.78 is 7.80. The van der Waals surface area contributed by atoms with Crippen LogP contribution in [0.15, 0.2) is 47.6 Å². The van der Waals surface area contributed by atoms with Crippen molar-refractivity contribution in [2.45, 2.75) is 46.0 Å². The number of carbonyl (C=O) groups excluding carboxylic acids is 1. The molecule has 0 aliphatic rings. The molecule has 7 heteroatoms. The van der Waals surface area contributed by atoms with Crippen molar-refractivity contribution in [3.8, 4) is 5.75 Å². The molecular formula is C22H26N4O2S. The van der Waals surface area contributed by atoms with Gasteiger partial charge in [0.1, 0.15) is 12.4 Å². The minimum absolute atomic E-state index is 0.0631. The molecule has 0 bridgehead atoms. The first-order valence-electron chi connectivity index (χ1n) is 9.57. The van der Waals surface area contributed by atoms with E-state index in [-0.39, 0.29) is 11.7 Å². The number of hydrogen-bond donors (Lipinski definition) is 1. The Bertz CT molecular complexity index is 983. The van der Waals surface area contributed by atoms with Gasteiger partial charge in [-0.05, 0) is 57.0 Å². The van der Waals surface area contributed by atoms with E-state index < -0.39 is 0 Å². The van der Waals surface area contributed by atoms with Crippen molar-refractivity contribution in [1.29, 1.82) is 0 Å². The number of aromatic nitrogens is 3. The number of hydrogen-bond acceptors (Lipinski definition) is 5. The molecule has 0 atom stereocenters. The van der Waals surface area contributed by atoms with Gasteiger partial charge in [-0.2, -0.15) is 0 Å². The van der Waals surface area contributed by atoms with Crippen LogP contribution in [0.25, 0.3) is 0 Å². The Morgan fingerprint density at radius 2 is 1.79 bits per heavy atom. The Hall–Kier alpha value is -2.80. The summed E-state index contributed by atoms with van der Waals surface area (Å²) in [6.45, 7) is 9.10. The zero-order valence-electron chi connectivity index (χ0n) is 17.2. The van der Waals surface area contributed by atoms with Crippen molar-refractivity contribution in [2.75, 3.05) is 11.1 Å². The molecule has 2 aromatic carbocycles. The Morgan fingerprint density at radius 1 is 1.07 bits per heavy atom. The highest BCUT2D eigenvalue weighted by Gasteiger charge is 2.14. The fourth-order valence-electron chi connectivity index (χ4n) is 2.82. The molecule has 152 valence electrons. The second-order valence-electron chi connectivity index (χ2n) is 6.90. The Balaban J connectivity index is 1.58. The summed E-state index contributed by atoms with van der Waals surface area (Å²) in [5.41, 5.74) is 4.19. The van der Waals surface area contributed by atoms with Crippen molar-refractivity contribution in [3.05, 3.63) is 65.0 Å². The van der Waals surface area contributed by atoms with E-state index in [0.29, 0.717) is 18.3 Å². The van der Waals surface area contributed by atoms with E-state index in [1.807, 2.05) is 74.7 Å². The third-order valence-electron chi connectivity index (χ3n) is 4.50. The molecule has 0 aliphatic carbocycles. The van der Waals surface area contributed by atoms with E-state index in [9.17, 15) is 4.79 Å². The van der Waals surface area contributed by atoms with E-state index in [1.165, 1.54) is 17.3 Å². The molecule has 0 saturated heterocycles. The molecule has 0 radical (unpaired) electrons. The molecule has 3 aromatic rings. The third-order valence-corrected chi connectivity index (χ3v) is 5.46. The summed E-state index contributed by atoms with van der Waals surface area (Å²) >= 11 is 1.38. The van der Waals surface area contributed by atoms with Gasteiger partial charge in [-0.3, -0.25) is 4.79 Å². The highest BCUT2D eigenvalue weighted by molar-refractivity contribution is 7.99. The summed E-state index contributed by atoms with van der Waals surface area (Å²) in [6.07, 6.45) is 0. The highest BCUT2D eigenvalue weighted by atomic mass is 32.2. The number of ether oxygens (including phenoxy) is 1. The number of rotatable bonds is 8. The minimum Gasteiger partial charge on any atom is -0.486 e. The smallest absolute Gasteiger partial charge is 0.234 e. The van der Waals surface area contributed by atoms with Gasteiger partial charge in [0.2, 0.25) is 5.91 Å². The van der Waals surface area contributed by atoms with Crippen LogP contribution in [-0.4, -0.2) is 26.4 Å². The van der Waals surface area contributed by atoms with Gasteiger partial charge in [-0.15, -0.1) is 10.2 Å². The maximum absolute atomic E-state index is 12.4. The molecule has 0 unspecified atom stereocenters. The van der Waals surface area contributed by atoms with Gasteiger partial charge in [-0.25, -0.2) is 0 Å². The van der Waals surface area contributed by atoms with Gasteiger partial charge in [-0.1, -0.05) is 41.6 Å². The number of nitrogens with zero attached hydrogens (tertiary/aromatic N) is 3. The van der Waals surface area contributed by atoms with Crippen LogP contribution in [0, 0.1) is 20.8 Å². The van der Waals surface area contributed by atoms with Crippen LogP contribution in [0.3, 0.4) is 0 Å². The van der Waals surface area contributed by atoms with E-state index in [0.717, 1.165) is 28.4 Å². The van der Waals surface area contributed by atoms with Crippen LogP contribution in [0.5, 0.6) is 5.75 Å². The highest BCUT2D eigenvalue weighted by Crippen LogP contribution is 2.21. The number of anilines is 1. The standard InChI is InChI=1S/C22H26N4O2S/c1-5-26-20(13-28-18-10-7-15(2)8-11-18)24-25-22(26)29-14-21(27)23-19-12-16(3)6-9-17(19)4/h6-12H,5,13-14H2,1-4H3,(H,23,27). The molecule has 1 aromatic heterocycles. The van der Waals surface area contributed by atoms with Gasteiger partial charge in [0.25, 0.3) is 0 Å². The van der Waals surface area contributed by atoms with E-state index >= 15 is 0 Å². The summed E-state index contributed by atoms with van der Waals surface area (Å²) in [7, 11) is 0. The maximum atomic E-state index is 12.4. The van der Waals surface area contributed by atoms with Crippen LogP contribution < -0.4 is 10.1 Å². The first-order chi connectivity index (χ1) is 14.0. The molecule has 0 aliphatic heterocycles. The van der Waals surface area contributed by atoms with Crippen LogP contribution in [-0.2, 0) is 17.9 Å². The summed E-state index contributed by atoms with van der Waals surface area (Å²) in [5.74, 6) is 1.74. The largest absolute Gasteiger partial charge is 0.486 e. The lowest BCUT2D eigenvalue weighted by atomic mass is 10.1. The zero-order chi connectivity index (χ0) is 20.8. The van der Waals surface area contributed by atoms with Gasteiger partial charge >= 0.3 is 0 Å². The molecular weight excluding hydrogens is 384 g/mol. The quantitative estimate of drug-likeness (QED) is 0.553. The van der Waals surface area contributed by atoms with Gasteiger partial charge in [0.15, 0.2) is 11.0 Å². The SMILES string of the molecule is CCn1c(COc2ccc(C)cc2)nnc1SCC(=O)Nc1cc(C)ccc1C. The minimum atomic E-state index is -0.0631. The van der Waals surface area contributed by atoms with Crippen LogP contribution >= 0.6 is 11.8 Å². The first kappa shape index (κ1) is 20.9. The van der Waals surface area contributed by atoms with Gasteiger partial charge < -0.3 is 14.6 Å². The summed E-state index contributed by atoms with van der Waals surface area (Å²) in [5, 5.41) is 12.2. The number of carbonyl (C=O) groups is 1. The topological polar surface area (TPSA) is 69.0 Å². The molecule has 0 fully saturated rings. The number of benzene rings is 2. The predicted molar refractivity (Wildman–Crippen MR) is 116 cm³/mol. The van der Waals surface area contributed by atoms with Crippen molar-refractivity contribution in [2.24, 2.45) is 0 Å². The molecule has 1 amide bonds. The summed E-state index contributed by atoms with van der Waals surface area (Å²) in [6, 6.07) is 13.9. The lowest BCUT2D eigenvalue weighted by Gasteiger charge is -2.10. The lowest BCUT2D eigenvalue weighted by molar-refractivity contribution is -0.113. The molecule has 0 saturated carbocycles. The molecule has 1 N–H and O–H groups in total. The average molecular weight is 411 g/mol. The Morgan fingerprint density at radius 3 is 2.52 bits per heavy atom. The molecule has 6 nitrogen and oxygen atoms in total. The number of nitrogens with one attached hydrogen (secondary N) is 1. The maximum Gasteiger partial charge on any atom is 0.234 e. The fraction of sp³-hybridized carbons (Fsp3) is 0.318. The monoisotopic (exact) mass is 410 g/mol. The fourth-order valence-corrected chi connectivity index (χ4v) is 3.64. The second-order valence-corrected chi connectivity index (χ2v) is 7.84. The third kappa shape index (κ3) is 5.60. The van der Waals surface area contributed by atoms with E-state index in [4.69, 9.17) is 4.74 Å². The van der Waals surface area contributed by atoms with Crippen LogP contribution in [0.2, 0.25) is 0 Å². The number of aryl methyl sites for hydroxylation is 3. The molecule has 3 rings (SSSR count). The first-order valence-corrected chi connectivity index (χ1v) is 10.6. The van der Waals surface area contributed by atoms with Crippen molar-refractivity contribution >= 4 is 23.4 Å². The van der Waals surface area contributed by atoms with Gasteiger partial charge in [0.05, 0.1) is 5.75 Å².